The van der Waals surface area contributed by atoms with Gasteiger partial charge in [-0.2, -0.15) is 0 Å². The molecule has 0 bridgehead atoms. The summed E-state index contributed by atoms with van der Waals surface area (Å²) in [7, 11) is 0. The van der Waals surface area contributed by atoms with E-state index in [2.05, 4.69) is 17.4 Å². The van der Waals surface area contributed by atoms with Crippen molar-refractivity contribution in [1.29, 1.82) is 0 Å². The molecule has 160 valence electrons. The Labute approximate surface area is 180 Å². The van der Waals surface area contributed by atoms with E-state index < -0.39 is 0 Å². The van der Waals surface area contributed by atoms with Crippen LogP contribution in [0.1, 0.15) is 44.2 Å². The lowest BCUT2D eigenvalue weighted by molar-refractivity contribution is -0.149. The van der Waals surface area contributed by atoms with Gasteiger partial charge in [0.2, 0.25) is 11.8 Å². The highest BCUT2D eigenvalue weighted by atomic mass is 35.5. The molecule has 29 heavy (non-hydrogen) atoms. The summed E-state index contributed by atoms with van der Waals surface area (Å²) in [5.41, 5.74) is 2.39. The maximum absolute atomic E-state index is 13.6. The molecule has 2 fully saturated rings. The second kappa shape index (κ2) is 9.48. The SMILES string of the molecule is CCC(C)C(=O)N1Cc2ccccc2CC1C(=O)N1CC[C@@H]2CNC[C@@H]2CC1.Cl. The van der Waals surface area contributed by atoms with E-state index in [1.165, 1.54) is 11.1 Å². The predicted molar refractivity (Wildman–Crippen MR) is 117 cm³/mol. The van der Waals surface area contributed by atoms with Gasteiger partial charge in [-0.25, -0.2) is 0 Å². The van der Waals surface area contributed by atoms with E-state index in [4.69, 9.17) is 0 Å². The first kappa shape index (κ1) is 22.1. The van der Waals surface area contributed by atoms with Crippen molar-refractivity contribution in [3.05, 3.63) is 35.4 Å². The van der Waals surface area contributed by atoms with Gasteiger partial charge < -0.3 is 15.1 Å². The summed E-state index contributed by atoms with van der Waals surface area (Å²) in [6, 6.07) is 7.90. The van der Waals surface area contributed by atoms with Gasteiger partial charge in [0.25, 0.3) is 0 Å². The Balaban J connectivity index is 0.00000240. The van der Waals surface area contributed by atoms with E-state index in [0.717, 1.165) is 45.4 Å². The average molecular weight is 420 g/mol. The topological polar surface area (TPSA) is 52.7 Å². The van der Waals surface area contributed by atoms with E-state index >= 15 is 0 Å². The Bertz CT molecular complexity index is 727. The lowest BCUT2D eigenvalue weighted by atomic mass is 9.91. The van der Waals surface area contributed by atoms with E-state index in [1.54, 1.807) is 0 Å². The van der Waals surface area contributed by atoms with Crippen molar-refractivity contribution in [2.45, 2.75) is 52.1 Å². The summed E-state index contributed by atoms with van der Waals surface area (Å²) in [5, 5.41) is 3.50. The normalized spacial score (nSPS) is 27.3. The van der Waals surface area contributed by atoms with Gasteiger partial charge in [0.1, 0.15) is 6.04 Å². The van der Waals surface area contributed by atoms with Crippen molar-refractivity contribution >= 4 is 24.2 Å². The zero-order chi connectivity index (χ0) is 19.7. The standard InChI is InChI=1S/C23H33N3O2.ClH/c1-3-16(2)22(27)26-15-20-7-5-4-6-17(20)12-21(26)23(28)25-10-8-18-13-24-14-19(18)9-11-25;/h4-7,16,18-19,21,24H,3,8-15H2,1-2H3;1H/t16?,18-,19+,21?;. The van der Waals surface area contributed by atoms with Crippen molar-refractivity contribution in [1.82, 2.24) is 15.1 Å². The maximum Gasteiger partial charge on any atom is 0.245 e. The molecular weight excluding hydrogens is 386 g/mol. The van der Waals surface area contributed by atoms with Gasteiger partial charge in [0, 0.05) is 32.0 Å². The summed E-state index contributed by atoms with van der Waals surface area (Å²) in [4.78, 5) is 30.6. The van der Waals surface area contributed by atoms with Crippen LogP contribution >= 0.6 is 12.4 Å². The van der Waals surface area contributed by atoms with Crippen LogP contribution in [-0.2, 0) is 22.6 Å². The van der Waals surface area contributed by atoms with Crippen molar-refractivity contribution in [2.75, 3.05) is 26.2 Å². The molecule has 4 rings (SSSR count). The Morgan fingerprint density at radius 2 is 1.72 bits per heavy atom. The van der Waals surface area contributed by atoms with Crippen LogP contribution < -0.4 is 5.32 Å². The van der Waals surface area contributed by atoms with E-state index in [0.29, 0.717) is 24.8 Å². The van der Waals surface area contributed by atoms with Crippen LogP contribution in [0.3, 0.4) is 0 Å². The molecule has 0 aliphatic carbocycles. The second-order valence-electron chi connectivity index (χ2n) is 8.85. The lowest BCUT2D eigenvalue weighted by Crippen LogP contribution is -2.55. The Morgan fingerprint density at radius 3 is 2.34 bits per heavy atom. The third kappa shape index (κ3) is 4.46. The third-order valence-corrected chi connectivity index (χ3v) is 7.18. The summed E-state index contributed by atoms with van der Waals surface area (Å²) in [5.74, 6) is 1.62. The molecule has 2 saturated heterocycles. The van der Waals surface area contributed by atoms with Gasteiger partial charge in [0.05, 0.1) is 0 Å². The van der Waals surface area contributed by atoms with Crippen LogP contribution in [0.2, 0.25) is 0 Å². The Kier molecular flexibility index (Phi) is 7.23. The minimum atomic E-state index is -0.354. The van der Waals surface area contributed by atoms with Crippen molar-refractivity contribution in [2.24, 2.45) is 17.8 Å². The molecule has 0 aromatic heterocycles. The molecule has 0 radical (unpaired) electrons. The fraction of sp³-hybridized carbons (Fsp3) is 0.652. The summed E-state index contributed by atoms with van der Waals surface area (Å²) < 4.78 is 0. The summed E-state index contributed by atoms with van der Waals surface area (Å²) >= 11 is 0. The second-order valence-corrected chi connectivity index (χ2v) is 8.85. The minimum Gasteiger partial charge on any atom is -0.341 e. The van der Waals surface area contributed by atoms with E-state index in [9.17, 15) is 9.59 Å². The lowest BCUT2D eigenvalue weighted by Gasteiger charge is -2.39. The number of amides is 2. The molecule has 0 spiro atoms. The van der Waals surface area contributed by atoms with E-state index in [1.807, 2.05) is 35.8 Å². The highest BCUT2D eigenvalue weighted by Gasteiger charge is 2.39. The van der Waals surface area contributed by atoms with Crippen LogP contribution in [0, 0.1) is 17.8 Å². The number of hydrogen-bond acceptors (Lipinski definition) is 3. The first-order valence-electron chi connectivity index (χ1n) is 10.9. The fourth-order valence-electron chi connectivity index (χ4n) is 5.08. The zero-order valence-corrected chi connectivity index (χ0v) is 18.4. The molecule has 3 aliphatic heterocycles. The molecule has 3 heterocycles. The number of nitrogens with zero attached hydrogens (tertiary/aromatic N) is 2. The van der Waals surface area contributed by atoms with Crippen molar-refractivity contribution in [3.8, 4) is 0 Å². The molecule has 4 atom stereocenters. The van der Waals surface area contributed by atoms with Crippen LogP contribution in [0.25, 0.3) is 0 Å². The molecule has 5 nitrogen and oxygen atoms in total. The largest absolute Gasteiger partial charge is 0.341 e. The average Bonchev–Trinajstić information content (AvgIpc) is 3.09. The van der Waals surface area contributed by atoms with Gasteiger partial charge in [-0.05, 0) is 55.3 Å². The number of carbonyl (C=O) groups excluding carboxylic acids is 2. The minimum absolute atomic E-state index is 0. The number of halogens is 1. The molecule has 6 heteroatoms. The predicted octanol–water partition coefficient (Wildman–Crippen LogP) is 2.87. The van der Waals surface area contributed by atoms with E-state index in [-0.39, 0.29) is 36.2 Å². The maximum atomic E-state index is 13.6. The zero-order valence-electron chi connectivity index (χ0n) is 17.6. The Hall–Kier alpha value is -1.59. The molecular formula is C23H34ClN3O2. The molecule has 0 saturated carbocycles. The quantitative estimate of drug-likeness (QED) is 0.819. The molecule has 1 aromatic carbocycles. The highest BCUT2D eigenvalue weighted by Crippen LogP contribution is 2.30. The van der Waals surface area contributed by atoms with Crippen LogP contribution in [0.5, 0.6) is 0 Å². The van der Waals surface area contributed by atoms with Crippen molar-refractivity contribution < 1.29 is 9.59 Å². The number of fused-ring (bicyclic) bond motifs is 2. The van der Waals surface area contributed by atoms with Crippen LogP contribution in [-0.4, -0.2) is 53.8 Å². The molecule has 3 aliphatic rings. The van der Waals surface area contributed by atoms with Gasteiger partial charge in [-0.1, -0.05) is 38.1 Å². The first-order chi connectivity index (χ1) is 13.6. The summed E-state index contributed by atoms with van der Waals surface area (Å²) in [6.45, 7) is 8.39. The number of likely N-dealkylation sites (tertiary alicyclic amines) is 1. The monoisotopic (exact) mass is 419 g/mol. The fourth-order valence-corrected chi connectivity index (χ4v) is 5.08. The highest BCUT2D eigenvalue weighted by molar-refractivity contribution is 5.89. The number of rotatable bonds is 3. The summed E-state index contributed by atoms with van der Waals surface area (Å²) in [6.07, 6.45) is 3.60. The molecule has 2 amide bonds. The number of hydrogen-bond donors (Lipinski definition) is 1. The van der Waals surface area contributed by atoms with Crippen LogP contribution in [0.15, 0.2) is 24.3 Å². The van der Waals surface area contributed by atoms with Gasteiger partial charge in [0.15, 0.2) is 0 Å². The first-order valence-corrected chi connectivity index (χ1v) is 10.9. The number of benzene rings is 1. The Morgan fingerprint density at radius 1 is 1.10 bits per heavy atom. The van der Waals surface area contributed by atoms with Gasteiger partial charge >= 0.3 is 0 Å². The van der Waals surface area contributed by atoms with Gasteiger partial charge in [-0.15, -0.1) is 12.4 Å². The van der Waals surface area contributed by atoms with Gasteiger partial charge in [-0.3, -0.25) is 9.59 Å². The molecule has 1 aromatic rings. The molecule has 1 N–H and O–H groups in total. The van der Waals surface area contributed by atoms with Crippen LogP contribution in [0.4, 0.5) is 0 Å². The molecule has 2 unspecified atom stereocenters. The smallest absolute Gasteiger partial charge is 0.245 e. The third-order valence-electron chi connectivity index (χ3n) is 7.18. The number of carbonyl (C=O) groups is 2. The number of nitrogens with one attached hydrogen (secondary N) is 1. The van der Waals surface area contributed by atoms with Crippen molar-refractivity contribution in [3.63, 3.8) is 0 Å².